The van der Waals surface area contributed by atoms with Crippen molar-refractivity contribution >= 4 is 11.8 Å². The number of aliphatic hydroxyl groups excluding tert-OH is 2. The number of rotatable bonds is 13. The van der Waals surface area contributed by atoms with Gasteiger partial charge in [-0.15, -0.1) is 0 Å². The molecule has 53 heavy (non-hydrogen) atoms. The van der Waals surface area contributed by atoms with E-state index >= 15 is 0 Å². The summed E-state index contributed by atoms with van der Waals surface area (Å²) in [6.45, 7) is 10.8. The first kappa shape index (κ1) is 41.3. The van der Waals surface area contributed by atoms with E-state index in [0.29, 0.717) is 53.6 Å². The Labute approximate surface area is 320 Å². The molecule has 11 heteroatoms. The van der Waals surface area contributed by atoms with Crippen LogP contribution >= 0.6 is 0 Å². The summed E-state index contributed by atoms with van der Waals surface area (Å²) >= 11 is 0. The van der Waals surface area contributed by atoms with Crippen molar-refractivity contribution in [3.8, 4) is 0 Å². The lowest BCUT2D eigenvalue weighted by atomic mass is 9.45. The highest BCUT2D eigenvalue weighted by Crippen LogP contribution is 2.61. The molecule has 2 heterocycles. The van der Waals surface area contributed by atoms with Crippen LogP contribution in [0.5, 0.6) is 0 Å². The lowest BCUT2D eigenvalue weighted by Crippen LogP contribution is -2.62. The quantitative estimate of drug-likeness (QED) is 0.222. The van der Waals surface area contributed by atoms with E-state index in [9.17, 15) is 19.8 Å². The van der Waals surface area contributed by atoms with Crippen molar-refractivity contribution in [2.24, 2.45) is 52.8 Å². The van der Waals surface area contributed by atoms with Crippen molar-refractivity contribution in [2.75, 3.05) is 54.5 Å². The fourth-order valence-electron chi connectivity index (χ4n) is 12.3. The second kappa shape index (κ2) is 17.4. The van der Waals surface area contributed by atoms with E-state index in [1.807, 2.05) is 19.1 Å². The Morgan fingerprint density at radius 2 is 1.83 bits per heavy atom. The minimum atomic E-state index is -0.821. The summed E-state index contributed by atoms with van der Waals surface area (Å²) in [6.07, 6.45) is 11.3. The first-order valence-corrected chi connectivity index (χ1v) is 21.4. The molecule has 7 rings (SSSR count). The van der Waals surface area contributed by atoms with Crippen molar-refractivity contribution in [1.29, 1.82) is 0 Å². The number of aliphatic hydroxyl groups is 2. The van der Waals surface area contributed by atoms with Crippen LogP contribution in [-0.4, -0.2) is 134 Å². The molecule has 0 radical (unpaired) electrons. The number of hydrogen-bond donors (Lipinski definition) is 4. The number of carbonyl (C=O) groups excluding carboxylic acids is 2. The highest BCUT2D eigenvalue weighted by molar-refractivity contribution is 5.83. The predicted octanol–water partition coefficient (Wildman–Crippen LogP) is 3.92. The van der Waals surface area contributed by atoms with Crippen LogP contribution in [-0.2, 0) is 19.2 Å². The highest BCUT2D eigenvalue weighted by atomic mass is 16.7. The fourth-order valence-corrected chi connectivity index (χ4v) is 12.3. The van der Waals surface area contributed by atoms with E-state index in [4.69, 9.17) is 9.57 Å². The molecule has 7 unspecified atom stereocenters. The van der Waals surface area contributed by atoms with Crippen LogP contribution in [0.4, 0.5) is 0 Å². The maximum Gasteiger partial charge on any atom is 0.240 e. The smallest absolute Gasteiger partial charge is 0.240 e. The number of amides is 2. The Hall–Kier alpha value is -1.34. The number of nitrogens with zero attached hydrogens (tertiary/aromatic N) is 3. The Morgan fingerprint density at radius 3 is 2.45 bits per heavy atom. The fraction of sp³-hybridized carbons (Fsp3) is 0.952. The number of hydrogen-bond acceptors (Lipinski definition) is 9. The molecule has 15 atom stereocenters. The van der Waals surface area contributed by atoms with Gasteiger partial charge in [-0.3, -0.25) is 14.4 Å². The third kappa shape index (κ3) is 8.66. The first-order chi connectivity index (χ1) is 25.2. The number of methoxy groups -OCH3 is 1. The zero-order chi connectivity index (χ0) is 38.2. The Balaban J connectivity index is 1.14. The maximum absolute atomic E-state index is 14.3. The van der Waals surface area contributed by atoms with Gasteiger partial charge in [-0.2, -0.15) is 5.06 Å². The van der Waals surface area contributed by atoms with Crippen molar-refractivity contribution in [1.82, 2.24) is 25.5 Å². The highest BCUT2D eigenvalue weighted by Gasteiger charge is 2.58. The van der Waals surface area contributed by atoms with E-state index in [1.165, 1.54) is 25.7 Å². The molecule has 5 saturated carbocycles. The molecule has 304 valence electrons. The van der Waals surface area contributed by atoms with Gasteiger partial charge in [-0.25, -0.2) is 0 Å². The number of piperidine rings is 1. The van der Waals surface area contributed by atoms with E-state index in [-0.39, 0.29) is 42.4 Å². The molecule has 7 aliphatic rings. The standard InChI is InChI=1S/C42H75N5O6/c1-25-34-21-30(42(34,3)4)22-35(25)44-40(50)38-37(26(2)49)36(24-48)53-47(38)23-27-12-11-14-33(39(27)52-8)28-18-29(20-32(19-28)45(5)6)41(51)46(7)17-15-31-13-9-10-16-43-31/h25-39,43,48-49H,9-24H2,1-8H3,(H,44,50)/t25-,26-,27?,28?,29?,30+,31?,32?,33?,34-,35-,36-,37-,38-,39?/m0/s1. The van der Waals surface area contributed by atoms with Crippen LogP contribution in [0.2, 0.25) is 0 Å². The molecule has 7 fully saturated rings. The van der Waals surface area contributed by atoms with Crippen LogP contribution in [0.3, 0.4) is 0 Å². The molecule has 0 aromatic carbocycles. The second-order valence-electron chi connectivity index (χ2n) is 19.3. The first-order valence-electron chi connectivity index (χ1n) is 21.4. The monoisotopic (exact) mass is 746 g/mol. The van der Waals surface area contributed by atoms with E-state index in [1.54, 1.807) is 12.0 Å². The van der Waals surface area contributed by atoms with Crippen LogP contribution < -0.4 is 10.6 Å². The normalized spacial score (nSPS) is 42.2. The zero-order valence-corrected chi connectivity index (χ0v) is 34.3. The maximum atomic E-state index is 14.3. The minimum Gasteiger partial charge on any atom is -0.394 e. The average Bonchev–Trinajstić information content (AvgIpc) is 3.52. The van der Waals surface area contributed by atoms with Gasteiger partial charge in [0, 0.05) is 63.1 Å². The minimum absolute atomic E-state index is 0.00533. The SMILES string of the molecule is COC1C(CN2O[C@@H](CO)[C@H]([C@H](C)O)[C@H]2C(=O)N[C@H]2C[C@H]3C[C@@H]([C@@H]2C)C3(C)C)CCCC1C1CC(C(=O)N(C)CCC2CCCCN2)CC(N(C)C)C1. The van der Waals surface area contributed by atoms with E-state index in [2.05, 4.69) is 50.4 Å². The van der Waals surface area contributed by atoms with Crippen molar-refractivity contribution in [3.05, 3.63) is 0 Å². The summed E-state index contributed by atoms with van der Waals surface area (Å²) in [5, 5.41) is 30.3. The molecular weight excluding hydrogens is 670 g/mol. The third-order valence-corrected chi connectivity index (χ3v) is 15.8. The summed E-state index contributed by atoms with van der Waals surface area (Å²) in [7, 11) is 8.11. The topological polar surface area (TPSA) is 127 Å². The van der Waals surface area contributed by atoms with E-state index in [0.717, 1.165) is 64.5 Å². The molecule has 4 N–H and O–H groups in total. The Morgan fingerprint density at radius 1 is 1.06 bits per heavy atom. The molecule has 2 aliphatic heterocycles. The van der Waals surface area contributed by atoms with Gasteiger partial charge in [-0.05, 0) is 127 Å². The molecule has 0 spiro atoms. The molecule has 2 amide bonds. The summed E-state index contributed by atoms with van der Waals surface area (Å²) in [5.41, 5.74) is 0.320. The molecule has 11 nitrogen and oxygen atoms in total. The Bertz CT molecular complexity index is 1230. The molecule has 5 aliphatic carbocycles. The van der Waals surface area contributed by atoms with Gasteiger partial charge in [0.05, 0.1) is 18.8 Å². The molecule has 0 aromatic heterocycles. The predicted molar refractivity (Wildman–Crippen MR) is 207 cm³/mol. The number of carbonyl (C=O) groups is 2. The third-order valence-electron chi connectivity index (χ3n) is 15.8. The summed E-state index contributed by atoms with van der Waals surface area (Å²) < 4.78 is 6.42. The van der Waals surface area contributed by atoms with Gasteiger partial charge < -0.3 is 35.4 Å². The van der Waals surface area contributed by atoms with E-state index < -0.39 is 24.2 Å². The lowest BCUT2D eigenvalue weighted by Gasteiger charge is -2.62. The van der Waals surface area contributed by atoms with Crippen molar-refractivity contribution in [2.45, 2.75) is 147 Å². The number of nitrogens with one attached hydrogen (secondary N) is 2. The van der Waals surface area contributed by atoms with Crippen LogP contribution in [0, 0.1) is 52.8 Å². The van der Waals surface area contributed by atoms with Crippen molar-refractivity contribution < 1.29 is 29.4 Å². The summed E-state index contributed by atoms with van der Waals surface area (Å²) in [5.74, 6) is 2.00. The Kier molecular flexibility index (Phi) is 13.6. The number of hydroxylamine groups is 2. The average molecular weight is 746 g/mol. The zero-order valence-electron chi connectivity index (χ0n) is 34.3. The number of ether oxygens (including phenoxy) is 1. The number of fused-ring (bicyclic) bond motifs is 2. The van der Waals surface area contributed by atoms with Gasteiger partial charge >= 0.3 is 0 Å². The second-order valence-corrected chi connectivity index (χ2v) is 19.3. The van der Waals surface area contributed by atoms with Gasteiger partial charge in [0.2, 0.25) is 11.8 Å². The van der Waals surface area contributed by atoms with Gasteiger partial charge in [0.15, 0.2) is 0 Å². The lowest BCUT2D eigenvalue weighted by molar-refractivity contribution is -0.193. The van der Waals surface area contributed by atoms with Crippen LogP contribution in [0.25, 0.3) is 0 Å². The van der Waals surface area contributed by atoms with Gasteiger partial charge in [-0.1, -0.05) is 33.6 Å². The van der Waals surface area contributed by atoms with Gasteiger partial charge in [0.1, 0.15) is 12.1 Å². The largest absolute Gasteiger partial charge is 0.394 e. The summed E-state index contributed by atoms with van der Waals surface area (Å²) in [6, 6.07) is 0.249. The molecule has 2 saturated heterocycles. The molecule has 2 bridgehead atoms. The van der Waals surface area contributed by atoms with Gasteiger partial charge in [0.25, 0.3) is 0 Å². The van der Waals surface area contributed by atoms with Crippen LogP contribution in [0.15, 0.2) is 0 Å². The van der Waals surface area contributed by atoms with Crippen molar-refractivity contribution in [3.63, 3.8) is 0 Å². The summed E-state index contributed by atoms with van der Waals surface area (Å²) in [4.78, 5) is 39.1. The van der Waals surface area contributed by atoms with Crippen LogP contribution in [0.1, 0.15) is 105 Å². The molecular formula is C42H75N5O6. The molecule has 0 aromatic rings.